The minimum absolute atomic E-state index is 0.620. The Hall–Kier alpha value is -0.450. The monoisotopic (exact) mass is 270 g/mol. The number of nitrogens with two attached hydrogens (primary N) is 1. The van der Waals surface area contributed by atoms with Crippen LogP contribution in [0, 0.1) is 5.92 Å². The fourth-order valence-corrected chi connectivity index (χ4v) is 2.59. The van der Waals surface area contributed by atoms with E-state index in [9.17, 15) is 0 Å². The van der Waals surface area contributed by atoms with E-state index in [1.54, 1.807) is 0 Å². The van der Waals surface area contributed by atoms with Crippen LogP contribution in [0.15, 0.2) is 17.5 Å². The molecule has 0 aliphatic heterocycles. The zero-order valence-electron chi connectivity index (χ0n) is 10.7. The minimum atomic E-state index is 0.620. The van der Waals surface area contributed by atoms with E-state index in [2.05, 4.69) is 36.3 Å². The second kappa shape index (κ2) is 7.80. The van der Waals surface area contributed by atoms with E-state index in [1.807, 2.05) is 11.3 Å². The molecule has 1 aromatic rings. The summed E-state index contributed by atoms with van der Waals surface area (Å²) in [5.74, 6) is 0.685. The molecular weight excluding hydrogens is 248 g/mol. The lowest BCUT2D eigenvalue weighted by Crippen LogP contribution is -2.32. The standard InChI is InChI=1S/C13H22N2S2/c1-11(2)10-15(8-6-13(14)16)7-5-12-4-3-9-17-12/h3-4,9,11H,5-8,10H2,1-2H3,(H2,14,16). The Morgan fingerprint density at radius 2 is 2.24 bits per heavy atom. The fraction of sp³-hybridized carbons (Fsp3) is 0.615. The van der Waals surface area contributed by atoms with Gasteiger partial charge in [-0.25, -0.2) is 0 Å². The third kappa shape index (κ3) is 6.76. The maximum absolute atomic E-state index is 5.57. The van der Waals surface area contributed by atoms with Gasteiger partial charge in [-0.2, -0.15) is 0 Å². The number of hydrogen-bond acceptors (Lipinski definition) is 3. The van der Waals surface area contributed by atoms with Crippen LogP contribution in [0.2, 0.25) is 0 Å². The van der Waals surface area contributed by atoms with Crippen LogP contribution in [0.1, 0.15) is 25.1 Å². The quantitative estimate of drug-likeness (QED) is 0.737. The lowest BCUT2D eigenvalue weighted by Gasteiger charge is -2.23. The van der Waals surface area contributed by atoms with Gasteiger partial charge in [-0.3, -0.25) is 0 Å². The maximum Gasteiger partial charge on any atom is 0.0740 e. The van der Waals surface area contributed by atoms with E-state index in [1.165, 1.54) is 4.88 Å². The van der Waals surface area contributed by atoms with Crippen LogP contribution in [0.4, 0.5) is 0 Å². The number of nitrogens with zero attached hydrogens (tertiary/aromatic N) is 1. The molecule has 1 aromatic heterocycles. The number of thiophene rings is 1. The predicted octanol–water partition coefficient (Wildman–Crippen LogP) is 2.92. The van der Waals surface area contributed by atoms with Crippen molar-refractivity contribution in [2.75, 3.05) is 19.6 Å². The van der Waals surface area contributed by atoms with Crippen molar-refractivity contribution in [3.05, 3.63) is 22.4 Å². The van der Waals surface area contributed by atoms with Crippen molar-refractivity contribution in [3.8, 4) is 0 Å². The Balaban J connectivity index is 2.36. The normalized spacial score (nSPS) is 11.3. The lowest BCUT2D eigenvalue weighted by atomic mass is 10.2. The van der Waals surface area contributed by atoms with Crippen LogP contribution in [-0.4, -0.2) is 29.5 Å². The molecule has 0 fully saturated rings. The van der Waals surface area contributed by atoms with Gasteiger partial charge >= 0.3 is 0 Å². The highest BCUT2D eigenvalue weighted by molar-refractivity contribution is 7.80. The molecule has 0 bridgehead atoms. The average Bonchev–Trinajstić information content (AvgIpc) is 2.74. The summed E-state index contributed by atoms with van der Waals surface area (Å²) in [7, 11) is 0. The van der Waals surface area contributed by atoms with Crippen LogP contribution in [0.3, 0.4) is 0 Å². The Labute approximate surface area is 114 Å². The molecule has 0 aliphatic rings. The van der Waals surface area contributed by atoms with Gasteiger partial charge < -0.3 is 10.6 Å². The van der Waals surface area contributed by atoms with Crippen LogP contribution < -0.4 is 5.73 Å². The Bertz CT molecular complexity index is 320. The van der Waals surface area contributed by atoms with Crippen molar-refractivity contribution in [2.24, 2.45) is 11.7 Å². The summed E-state index contributed by atoms with van der Waals surface area (Å²) in [4.78, 5) is 4.53. The molecule has 17 heavy (non-hydrogen) atoms. The molecule has 0 spiro atoms. The molecule has 1 rings (SSSR count). The summed E-state index contributed by atoms with van der Waals surface area (Å²) in [6.45, 7) is 7.70. The smallest absolute Gasteiger partial charge is 0.0740 e. The molecule has 0 unspecified atom stereocenters. The molecule has 0 aliphatic carbocycles. The summed E-state index contributed by atoms with van der Waals surface area (Å²) in [5, 5.41) is 2.14. The van der Waals surface area contributed by atoms with E-state index in [4.69, 9.17) is 18.0 Å². The molecule has 0 amide bonds. The van der Waals surface area contributed by atoms with Gasteiger partial charge in [-0.15, -0.1) is 11.3 Å². The number of rotatable bonds is 8. The van der Waals surface area contributed by atoms with Crippen LogP contribution >= 0.6 is 23.6 Å². The maximum atomic E-state index is 5.57. The predicted molar refractivity (Wildman–Crippen MR) is 80.7 cm³/mol. The number of hydrogen-bond donors (Lipinski definition) is 1. The molecule has 0 saturated carbocycles. The molecule has 0 radical (unpaired) electrons. The minimum Gasteiger partial charge on any atom is -0.393 e. The van der Waals surface area contributed by atoms with E-state index in [-0.39, 0.29) is 0 Å². The molecule has 4 heteroatoms. The van der Waals surface area contributed by atoms with Gasteiger partial charge in [0, 0.05) is 30.9 Å². The Morgan fingerprint density at radius 1 is 1.47 bits per heavy atom. The van der Waals surface area contributed by atoms with E-state index in [0.717, 1.165) is 32.5 Å². The molecular formula is C13H22N2S2. The molecule has 0 saturated heterocycles. The van der Waals surface area contributed by atoms with Gasteiger partial charge in [0.25, 0.3) is 0 Å². The third-order valence-corrected chi connectivity index (χ3v) is 3.69. The highest BCUT2D eigenvalue weighted by Crippen LogP contribution is 2.10. The molecule has 96 valence electrons. The molecule has 0 aromatic carbocycles. The van der Waals surface area contributed by atoms with E-state index < -0.39 is 0 Å². The second-order valence-corrected chi connectivity index (χ2v) is 6.30. The first-order valence-electron chi connectivity index (χ1n) is 6.11. The first kappa shape index (κ1) is 14.6. The van der Waals surface area contributed by atoms with E-state index in [0.29, 0.717) is 10.9 Å². The van der Waals surface area contributed by atoms with Gasteiger partial charge in [0.15, 0.2) is 0 Å². The molecule has 0 atom stereocenters. The SMILES string of the molecule is CC(C)CN(CCC(N)=S)CCc1cccs1. The van der Waals surface area contributed by atoms with Gasteiger partial charge in [-0.1, -0.05) is 32.1 Å². The first-order valence-corrected chi connectivity index (χ1v) is 7.39. The van der Waals surface area contributed by atoms with Gasteiger partial charge in [0.05, 0.1) is 4.99 Å². The second-order valence-electron chi connectivity index (χ2n) is 4.74. The number of thiocarbonyl (C=S) groups is 1. The van der Waals surface area contributed by atoms with Crippen molar-refractivity contribution in [1.29, 1.82) is 0 Å². The Morgan fingerprint density at radius 3 is 2.76 bits per heavy atom. The van der Waals surface area contributed by atoms with Crippen molar-refractivity contribution < 1.29 is 0 Å². The highest BCUT2D eigenvalue weighted by atomic mass is 32.1. The summed E-state index contributed by atoms with van der Waals surface area (Å²) in [6.07, 6.45) is 1.95. The summed E-state index contributed by atoms with van der Waals surface area (Å²) in [5.41, 5.74) is 5.57. The summed E-state index contributed by atoms with van der Waals surface area (Å²) in [6, 6.07) is 4.31. The van der Waals surface area contributed by atoms with Crippen LogP contribution in [-0.2, 0) is 6.42 Å². The largest absolute Gasteiger partial charge is 0.393 e. The highest BCUT2D eigenvalue weighted by Gasteiger charge is 2.08. The third-order valence-electron chi connectivity index (χ3n) is 2.55. The first-order chi connectivity index (χ1) is 8.08. The lowest BCUT2D eigenvalue weighted by molar-refractivity contribution is 0.254. The van der Waals surface area contributed by atoms with Crippen molar-refractivity contribution in [3.63, 3.8) is 0 Å². The Kier molecular flexibility index (Phi) is 6.70. The summed E-state index contributed by atoms with van der Waals surface area (Å²) < 4.78 is 0. The van der Waals surface area contributed by atoms with Crippen molar-refractivity contribution in [1.82, 2.24) is 4.90 Å². The fourth-order valence-electron chi connectivity index (χ4n) is 1.80. The molecule has 2 nitrogen and oxygen atoms in total. The van der Waals surface area contributed by atoms with Gasteiger partial charge in [-0.05, 0) is 23.8 Å². The van der Waals surface area contributed by atoms with Crippen molar-refractivity contribution in [2.45, 2.75) is 26.7 Å². The van der Waals surface area contributed by atoms with Crippen LogP contribution in [0.25, 0.3) is 0 Å². The van der Waals surface area contributed by atoms with Gasteiger partial charge in [0.2, 0.25) is 0 Å². The van der Waals surface area contributed by atoms with E-state index >= 15 is 0 Å². The average molecular weight is 270 g/mol. The zero-order valence-corrected chi connectivity index (χ0v) is 12.3. The molecule has 2 N–H and O–H groups in total. The molecule has 1 heterocycles. The zero-order chi connectivity index (χ0) is 12.7. The topological polar surface area (TPSA) is 29.3 Å². The van der Waals surface area contributed by atoms with Crippen molar-refractivity contribution >= 4 is 28.5 Å². The van der Waals surface area contributed by atoms with Gasteiger partial charge in [0.1, 0.15) is 0 Å². The summed E-state index contributed by atoms with van der Waals surface area (Å²) >= 11 is 6.78. The van der Waals surface area contributed by atoms with Crippen LogP contribution in [0.5, 0.6) is 0 Å².